The molecule has 0 spiro atoms. The van der Waals surface area contributed by atoms with Crippen LogP contribution in [0.2, 0.25) is 0 Å². The van der Waals surface area contributed by atoms with Crippen LogP contribution in [0.1, 0.15) is 23.3 Å². The number of hydrogen-bond donors (Lipinski definition) is 0. The predicted octanol–water partition coefficient (Wildman–Crippen LogP) is 3.15. The number of alkyl halides is 3. The van der Waals surface area contributed by atoms with E-state index in [-0.39, 0.29) is 18.7 Å². The van der Waals surface area contributed by atoms with E-state index in [1.165, 1.54) is 11.0 Å². The summed E-state index contributed by atoms with van der Waals surface area (Å²) in [6, 6.07) is 4.87. The fourth-order valence-corrected chi connectivity index (χ4v) is 2.61. The first-order valence-corrected chi connectivity index (χ1v) is 7.18. The van der Waals surface area contributed by atoms with Gasteiger partial charge in [0.15, 0.2) is 11.5 Å². The summed E-state index contributed by atoms with van der Waals surface area (Å²) >= 11 is 0. The Balaban J connectivity index is 1.75. The number of aromatic nitrogens is 2. The van der Waals surface area contributed by atoms with Crippen LogP contribution in [0, 0.1) is 5.92 Å². The molecule has 0 N–H and O–H groups in total. The molecule has 8 heteroatoms. The van der Waals surface area contributed by atoms with Crippen LogP contribution in [0.4, 0.5) is 13.2 Å². The van der Waals surface area contributed by atoms with Crippen LogP contribution >= 0.6 is 0 Å². The fourth-order valence-electron chi connectivity index (χ4n) is 2.61. The number of likely N-dealkylation sites (tertiary alicyclic amines) is 1. The number of pyridine rings is 1. The van der Waals surface area contributed by atoms with Gasteiger partial charge in [0, 0.05) is 37.1 Å². The van der Waals surface area contributed by atoms with Crippen LogP contribution in [0.25, 0.3) is 11.3 Å². The van der Waals surface area contributed by atoms with Crippen molar-refractivity contribution in [2.75, 3.05) is 13.1 Å². The number of amides is 1. The van der Waals surface area contributed by atoms with Crippen molar-refractivity contribution >= 4 is 5.91 Å². The van der Waals surface area contributed by atoms with Crippen LogP contribution in [-0.2, 0) is 0 Å². The average molecular weight is 325 g/mol. The summed E-state index contributed by atoms with van der Waals surface area (Å²) in [5.41, 5.74) is 0.650. The standard InChI is InChI=1S/C15H14F3N3O2/c16-15(17,18)11-4-2-6-21(9-11)14(22)12-7-13(23-20-12)10-3-1-5-19-8-10/h1,3,5,7-8,11H,2,4,6,9H2. The van der Waals surface area contributed by atoms with Crippen molar-refractivity contribution in [3.8, 4) is 11.3 Å². The molecule has 0 saturated carbocycles. The molecule has 122 valence electrons. The molecule has 3 heterocycles. The third kappa shape index (κ3) is 3.35. The average Bonchev–Trinajstić information content (AvgIpc) is 3.04. The van der Waals surface area contributed by atoms with Gasteiger partial charge in [0.25, 0.3) is 5.91 Å². The lowest BCUT2D eigenvalue weighted by molar-refractivity contribution is -0.184. The summed E-state index contributed by atoms with van der Waals surface area (Å²) in [4.78, 5) is 17.5. The minimum atomic E-state index is -4.29. The molecule has 0 aromatic carbocycles. The number of carbonyl (C=O) groups excluding carboxylic acids is 1. The number of carbonyl (C=O) groups is 1. The fraction of sp³-hybridized carbons (Fsp3) is 0.400. The molecule has 1 atom stereocenters. The Kier molecular flexibility index (Phi) is 4.06. The maximum Gasteiger partial charge on any atom is 0.393 e. The van der Waals surface area contributed by atoms with Gasteiger partial charge in [-0.25, -0.2) is 0 Å². The molecular weight excluding hydrogens is 311 g/mol. The molecule has 1 unspecified atom stereocenters. The highest BCUT2D eigenvalue weighted by Crippen LogP contribution is 2.33. The van der Waals surface area contributed by atoms with Crippen molar-refractivity contribution in [1.82, 2.24) is 15.0 Å². The van der Waals surface area contributed by atoms with Crippen molar-refractivity contribution in [3.63, 3.8) is 0 Å². The number of hydrogen-bond acceptors (Lipinski definition) is 4. The van der Waals surface area contributed by atoms with Gasteiger partial charge in [-0.15, -0.1) is 0 Å². The largest absolute Gasteiger partial charge is 0.393 e. The van der Waals surface area contributed by atoms with E-state index in [1.54, 1.807) is 24.5 Å². The number of piperidine rings is 1. The molecule has 5 nitrogen and oxygen atoms in total. The van der Waals surface area contributed by atoms with Gasteiger partial charge in [-0.2, -0.15) is 13.2 Å². The second kappa shape index (κ2) is 6.02. The first-order valence-electron chi connectivity index (χ1n) is 7.18. The minimum absolute atomic E-state index is 0.00618. The minimum Gasteiger partial charge on any atom is -0.355 e. The van der Waals surface area contributed by atoms with Crippen LogP contribution < -0.4 is 0 Å². The SMILES string of the molecule is O=C(c1cc(-c2cccnc2)on1)N1CCCC(C(F)(F)F)C1. The second-order valence-electron chi connectivity index (χ2n) is 5.45. The Morgan fingerprint density at radius 3 is 2.91 bits per heavy atom. The first kappa shape index (κ1) is 15.5. The molecule has 2 aromatic rings. The third-order valence-corrected chi connectivity index (χ3v) is 3.85. The van der Waals surface area contributed by atoms with Gasteiger partial charge < -0.3 is 9.42 Å². The van der Waals surface area contributed by atoms with E-state index in [0.717, 1.165) is 0 Å². The summed E-state index contributed by atoms with van der Waals surface area (Å²) in [5.74, 6) is -1.67. The lowest BCUT2D eigenvalue weighted by Gasteiger charge is -2.33. The highest BCUT2D eigenvalue weighted by atomic mass is 19.4. The normalized spacial score (nSPS) is 18.9. The second-order valence-corrected chi connectivity index (χ2v) is 5.45. The van der Waals surface area contributed by atoms with Gasteiger partial charge in [0.2, 0.25) is 0 Å². The Bertz CT molecular complexity index is 685. The maximum absolute atomic E-state index is 12.8. The molecule has 23 heavy (non-hydrogen) atoms. The topological polar surface area (TPSA) is 59.2 Å². The van der Waals surface area contributed by atoms with Gasteiger partial charge in [-0.1, -0.05) is 5.16 Å². The summed E-state index contributed by atoms with van der Waals surface area (Å²) in [6.45, 7) is -0.0437. The van der Waals surface area contributed by atoms with Crippen molar-refractivity contribution in [2.24, 2.45) is 5.92 Å². The van der Waals surface area contributed by atoms with Crippen molar-refractivity contribution in [3.05, 3.63) is 36.3 Å². The number of nitrogens with zero attached hydrogens (tertiary/aromatic N) is 3. The molecule has 1 saturated heterocycles. The number of halogens is 3. The Morgan fingerprint density at radius 2 is 2.22 bits per heavy atom. The zero-order valence-corrected chi connectivity index (χ0v) is 12.1. The summed E-state index contributed by atoms with van der Waals surface area (Å²) in [5, 5.41) is 3.68. The Labute approximate surface area is 130 Å². The molecular formula is C15H14F3N3O2. The van der Waals surface area contributed by atoms with E-state index in [9.17, 15) is 18.0 Å². The van der Waals surface area contributed by atoms with Gasteiger partial charge >= 0.3 is 6.18 Å². The van der Waals surface area contributed by atoms with E-state index in [4.69, 9.17) is 4.52 Å². The summed E-state index contributed by atoms with van der Waals surface area (Å²) < 4.78 is 43.6. The molecule has 1 amide bonds. The van der Waals surface area contributed by atoms with E-state index in [2.05, 4.69) is 10.1 Å². The molecule has 1 aliphatic heterocycles. The lowest BCUT2D eigenvalue weighted by Crippen LogP contribution is -2.44. The monoisotopic (exact) mass is 325 g/mol. The van der Waals surface area contributed by atoms with Crippen LogP contribution in [0.3, 0.4) is 0 Å². The van der Waals surface area contributed by atoms with Crippen molar-refractivity contribution in [1.29, 1.82) is 0 Å². The van der Waals surface area contributed by atoms with Crippen molar-refractivity contribution < 1.29 is 22.5 Å². The Hall–Kier alpha value is -2.38. The van der Waals surface area contributed by atoms with Crippen LogP contribution in [0.5, 0.6) is 0 Å². The zero-order valence-electron chi connectivity index (χ0n) is 12.1. The quantitative estimate of drug-likeness (QED) is 0.851. The van der Waals surface area contributed by atoms with Gasteiger partial charge in [-0.3, -0.25) is 9.78 Å². The number of rotatable bonds is 2. The van der Waals surface area contributed by atoms with E-state index in [0.29, 0.717) is 24.3 Å². The summed E-state index contributed by atoms with van der Waals surface area (Å²) in [7, 11) is 0. The van der Waals surface area contributed by atoms with E-state index < -0.39 is 18.0 Å². The van der Waals surface area contributed by atoms with Crippen LogP contribution in [0.15, 0.2) is 35.1 Å². The Morgan fingerprint density at radius 1 is 1.39 bits per heavy atom. The predicted molar refractivity (Wildman–Crippen MR) is 74.4 cm³/mol. The molecule has 0 radical (unpaired) electrons. The third-order valence-electron chi connectivity index (χ3n) is 3.85. The van der Waals surface area contributed by atoms with Gasteiger partial charge in [0.1, 0.15) is 0 Å². The lowest BCUT2D eigenvalue weighted by atomic mass is 9.97. The van der Waals surface area contributed by atoms with E-state index in [1.807, 2.05) is 0 Å². The van der Waals surface area contributed by atoms with E-state index >= 15 is 0 Å². The summed E-state index contributed by atoms with van der Waals surface area (Å²) in [6.07, 6.45) is -0.772. The van der Waals surface area contributed by atoms with Crippen molar-refractivity contribution in [2.45, 2.75) is 19.0 Å². The maximum atomic E-state index is 12.8. The first-order chi connectivity index (χ1) is 10.9. The molecule has 0 bridgehead atoms. The molecule has 0 aliphatic carbocycles. The van der Waals surface area contributed by atoms with Gasteiger partial charge in [-0.05, 0) is 25.0 Å². The molecule has 1 fully saturated rings. The molecule has 2 aromatic heterocycles. The highest BCUT2D eigenvalue weighted by molar-refractivity contribution is 5.93. The van der Waals surface area contributed by atoms with Gasteiger partial charge in [0.05, 0.1) is 5.92 Å². The smallest absolute Gasteiger partial charge is 0.355 e. The highest BCUT2D eigenvalue weighted by Gasteiger charge is 2.43. The van der Waals surface area contributed by atoms with Crippen LogP contribution in [-0.4, -0.2) is 40.2 Å². The molecule has 3 rings (SSSR count). The molecule has 1 aliphatic rings. The zero-order chi connectivity index (χ0) is 16.4.